The molecule has 0 bridgehead atoms. The summed E-state index contributed by atoms with van der Waals surface area (Å²) in [5.41, 5.74) is -0.770. The number of aryl methyl sites for hydroxylation is 2. The fourth-order valence-corrected chi connectivity index (χ4v) is 3.50. The Morgan fingerprint density at radius 3 is 2.52 bits per heavy atom. The van der Waals surface area contributed by atoms with E-state index >= 15 is 0 Å². The third kappa shape index (κ3) is 3.20. The molecule has 3 rings (SSSR count). The van der Waals surface area contributed by atoms with Crippen LogP contribution in [0.25, 0.3) is 10.2 Å². The van der Waals surface area contributed by atoms with Gasteiger partial charge in [0, 0.05) is 4.88 Å². The molecular weight excluding hydrogens is 388 g/mol. The molecule has 1 atom stereocenters. The van der Waals surface area contributed by atoms with Gasteiger partial charge >= 0.3 is 5.97 Å². The zero-order valence-corrected chi connectivity index (χ0v) is 15.1. The average Bonchev–Trinajstić information content (AvgIpc) is 2.90. The lowest BCUT2D eigenvalue weighted by Gasteiger charge is -2.13. The van der Waals surface area contributed by atoms with Crippen molar-refractivity contribution in [3.05, 3.63) is 61.5 Å². The number of H-pyrrole nitrogens is 1. The van der Waals surface area contributed by atoms with Crippen molar-refractivity contribution in [1.29, 1.82) is 0 Å². The third-order valence-corrected chi connectivity index (χ3v) is 5.15. The van der Waals surface area contributed by atoms with Gasteiger partial charge in [0.2, 0.25) is 0 Å². The number of nitrogens with one attached hydrogen (secondary N) is 1. The van der Waals surface area contributed by atoms with Gasteiger partial charge in [-0.05, 0) is 32.4 Å². The molecule has 0 aliphatic heterocycles. The van der Waals surface area contributed by atoms with Gasteiger partial charge in [0.25, 0.3) is 5.56 Å². The number of hydrogen-bond acceptors (Lipinski definition) is 5. The molecule has 0 aliphatic carbocycles. The van der Waals surface area contributed by atoms with Crippen LogP contribution >= 0.6 is 11.3 Å². The Labute approximate surface area is 153 Å². The van der Waals surface area contributed by atoms with Gasteiger partial charge < -0.3 is 9.72 Å². The molecular formula is C17H12F4N2O3S. The minimum absolute atomic E-state index is 0.0226. The number of esters is 1. The molecule has 0 amide bonds. The highest BCUT2D eigenvalue weighted by atomic mass is 32.1. The Hall–Kier alpha value is -2.75. The second kappa shape index (κ2) is 6.76. The van der Waals surface area contributed by atoms with E-state index in [1.54, 1.807) is 6.92 Å². The summed E-state index contributed by atoms with van der Waals surface area (Å²) in [6.45, 7) is 4.93. The van der Waals surface area contributed by atoms with Crippen LogP contribution in [-0.2, 0) is 4.74 Å². The molecule has 0 radical (unpaired) electrons. The molecule has 2 aromatic heterocycles. The maximum absolute atomic E-state index is 13.7. The number of carbonyl (C=O) groups is 1. The first-order valence-electron chi connectivity index (χ1n) is 7.65. The highest BCUT2D eigenvalue weighted by Crippen LogP contribution is 2.27. The van der Waals surface area contributed by atoms with Crippen molar-refractivity contribution < 1.29 is 27.1 Å². The number of fused-ring (bicyclic) bond motifs is 1. The van der Waals surface area contributed by atoms with Crippen LogP contribution in [0.15, 0.2) is 10.9 Å². The maximum Gasteiger partial charge on any atom is 0.342 e. The fourth-order valence-electron chi connectivity index (χ4n) is 2.47. The number of aromatic amines is 1. The van der Waals surface area contributed by atoms with E-state index in [9.17, 15) is 27.2 Å². The highest BCUT2D eigenvalue weighted by Gasteiger charge is 2.26. The lowest BCUT2D eigenvalue weighted by molar-refractivity contribution is 0.0312. The molecule has 10 heteroatoms. The van der Waals surface area contributed by atoms with Crippen molar-refractivity contribution in [1.82, 2.24) is 9.97 Å². The molecule has 2 heterocycles. The molecule has 27 heavy (non-hydrogen) atoms. The number of benzene rings is 1. The molecule has 0 saturated carbocycles. The standard InChI is InChI=1S/C17H12F4N2O3S/c1-5-7(3)27-16-10(5)15(24)22-14(23-16)6(2)26-17(25)8-4-9(18)12(20)13(21)11(8)19/h4,6H,1-3H3,(H,22,23,24). The van der Waals surface area contributed by atoms with Crippen molar-refractivity contribution in [2.45, 2.75) is 26.9 Å². The molecule has 5 nitrogen and oxygen atoms in total. The second-order valence-corrected chi connectivity index (χ2v) is 7.01. The van der Waals surface area contributed by atoms with Crippen LogP contribution in [-0.4, -0.2) is 15.9 Å². The maximum atomic E-state index is 13.7. The van der Waals surface area contributed by atoms with Crippen molar-refractivity contribution in [2.24, 2.45) is 0 Å². The molecule has 0 saturated heterocycles. The van der Waals surface area contributed by atoms with E-state index in [0.29, 0.717) is 10.2 Å². The fraction of sp³-hybridized carbons (Fsp3) is 0.235. The number of thiophene rings is 1. The van der Waals surface area contributed by atoms with Crippen LogP contribution < -0.4 is 5.56 Å². The van der Waals surface area contributed by atoms with E-state index in [4.69, 9.17) is 4.74 Å². The molecule has 0 spiro atoms. The molecule has 0 fully saturated rings. The number of nitrogens with zero attached hydrogens (tertiary/aromatic N) is 1. The zero-order chi connectivity index (χ0) is 20.0. The lowest BCUT2D eigenvalue weighted by Crippen LogP contribution is -2.18. The van der Waals surface area contributed by atoms with E-state index in [0.717, 1.165) is 10.4 Å². The summed E-state index contributed by atoms with van der Waals surface area (Å²) >= 11 is 1.28. The van der Waals surface area contributed by atoms with Crippen molar-refractivity contribution in [2.75, 3.05) is 0 Å². The summed E-state index contributed by atoms with van der Waals surface area (Å²) in [6.07, 6.45) is -1.16. The van der Waals surface area contributed by atoms with E-state index in [1.807, 2.05) is 6.92 Å². The van der Waals surface area contributed by atoms with Crippen LogP contribution in [0.5, 0.6) is 0 Å². The SMILES string of the molecule is Cc1sc2nc(C(C)OC(=O)c3cc(F)c(F)c(F)c3F)[nH]c(=O)c2c1C. The van der Waals surface area contributed by atoms with Gasteiger partial charge in [0.1, 0.15) is 10.4 Å². The minimum atomic E-state index is -2.12. The predicted molar refractivity (Wildman–Crippen MR) is 89.8 cm³/mol. The number of hydrogen-bond donors (Lipinski definition) is 1. The van der Waals surface area contributed by atoms with Gasteiger partial charge in [-0.1, -0.05) is 0 Å². The van der Waals surface area contributed by atoms with E-state index in [2.05, 4.69) is 9.97 Å². The smallest absolute Gasteiger partial charge is 0.342 e. The summed E-state index contributed by atoms with van der Waals surface area (Å²) in [6, 6.07) is 0.203. The van der Waals surface area contributed by atoms with Gasteiger partial charge in [-0.2, -0.15) is 0 Å². The number of rotatable bonds is 3. The Morgan fingerprint density at radius 2 is 1.85 bits per heavy atom. The number of carbonyl (C=O) groups excluding carboxylic acids is 1. The van der Waals surface area contributed by atoms with Crippen LogP contribution in [0, 0.1) is 37.1 Å². The van der Waals surface area contributed by atoms with Crippen LogP contribution in [0.3, 0.4) is 0 Å². The summed E-state index contributed by atoms with van der Waals surface area (Å²) < 4.78 is 58.2. The molecule has 1 unspecified atom stereocenters. The largest absolute Gasteiger partial charge is 0.451 e. The minimum Gasteiger partial charge on any atom is -0.451 e. The van der Waals surface area contributed by atoms with Crippen LogP contribution in [0.1, 0.15) is 39.7 Å². The monoisotopic (exact) mass is 400 g/mol. The molecule has 1 aromatic carbocycles. The molecule has 142 valence electrons. The first kappa shape index (κ1) is 19.0. The quantitative estimate of drug-likeness (QED) is 0.311. The molecule has 0 aliphatic rings. The highest BCUT2D eigenvalue weighted by molar-refractivity contribution is 7.18. The third-order valence-electron chi connectivity index (χ3n) is 4.05. The number of ether oxygens (including phenoxy) is 1. The second-order valence-electron chi connectivity index (χ2n) is 5.81. The van der Waals surface area contributed by atoms with Crippen LogP contribution in [0.4, 0.5) is 17.6 Å². The summed E-state index contributed by atoms with van der Waals surface area (Å²) in [5, 5.41) is 0.411. The van der Waals surface area contributed by atoms with Gasteiger partial charge in [-0.15, -0.1) is 11.3 Å². The lowest BCUT2D eigenvalue weighted by atomic mass is 10.2. The Bertz CT molecular complexity index is 1140. The van der Waals surface area contributed by atoms with Gasteiger partial charge in [-0.3, -0.25) is 4.79 Å². The Balaban J connectivity index is 1.94. The summed E-state index contributed by atoms with van der Waals surface area (Å²) in [5.74, 6) is -9.20. The first-order valence-corrected chi connectivity index (χ1v) is 8.47. The number of aromatic nitrogens is 2. The van der Waals surface area contributed by atoms with Gasteiger partial charge in [0.15, 0.2) is 35.2 Å². The van der Waals surface area contributed by atoms with Crippen molar-refractivity contribution in [3.8, 4) is 0 Å². The van der Waals surface area contributed by atoms with Gasteiger partial charge in [-0.25, -0.2) is 27.3 Å². The van der Waals surface area contributed by atoms with E-state index < -0.39 is 46.5 Å². The average molecular weight is 400 g/mol. The number of halogens is 4. The Kier molecular flexibility index (Phi) is 4.77. The molecule has 3 aromatic rings. The predicted octanol–water partition coefficient (Wildman–Crippen LogP) is 4.08. The molecule has 1 N–H and O–H groups in total. The topological polar surface area (TPSA) is 72.0 Å². The Morgan fingerprint density at radius 1 is 1.19 bits per heavy atom. The van der Waals surface area contributed by atoms with Crippen molar-refractivity contribution >= 4 is 27.5 Å². The zero-order valence-electron chi connectivity index (χ0n) is 14.2. The normalized spacial score (nSPS) is 12.4. The van der Waals surface area contributed by atoms with Crippen molar-refractivity contribution in [3.63, 3.8) is 0 Å². The van der Waals surface area contributed by atoms with Gasteiger partial charge in [0.05, 0.1) is 5.39 Å². The van der Waals surface area contributed by atoms with E-state index in [1.165, 1.54) is 18.3 Å². The first-order chi connectivity index (χ1) is 12.6. The van der Waals surface area contributed by atoms with E-state index in [-0.39, 0.29) is 11.9 Å². The summed E-state index contributed by atoms with van der Waals surface area (Å²) in [4.78, 5) is 32.3. The van der Waals surface area contributed by atoms with Crippen LogP contribution in [0.2, 0.25) is 0 Å². The summed E-state index contributed by atoms with van der Waals surface area (Å²) in [7, 11) is 0.